The fraction of sp³-hybridized carbons (Fsp3) is 0.0833. The van der Waals surface area contributed by atoms with Crippen molar-refractivity contribution in [2.75, 3.05) is 0 Å². The van der Waals surface area contributed by atoms with Crippen molar-refractivity contribution in [2.45, 2.75) is 11.9 Å². The average Bonchev–Trinajstić information content (AvgIpc) is 3.02. The van der Waals surface area contributed by atoms with Crippen molar-refractivity contribution < 1.29 is 24.1 Å². The van der Waals surface area contributed by atoms with E-state index in [1.165, 1.54) is 12.5 Å². The SMILES string of the molecule is C=COc1ccc2c(c1)Oc1cc(OC=C)ccc1C21OC(O)c2ccccc21. The average molecular weight is 386 g/mol. The van der Waals surface area contributed by atoms with E-state index in [-0.39, 0.29) is 0 Å². The highest BCUT2D eigenvalue weighted by Crippen LogP contribution is 2.59. The van der Waals surface area contributed by atoms with Crippen LogP contribution < -0.4 is 14.2 Å². The van der Waals surface area contributed by atoms with Gasteiger partial charge in [-0.3, -0.25) is 0 Å². The second-order valence-corrected chi connectivity index (χ2v) is 6.73. The Labute approximate surface area is 168 Å². The van der Waals surface area contributed by atoms with Crippen LogP contribution in [0.1, 0.15) is 28.5 Å². The topological polar surface area (TPSA) is 57.2 Å². The van der Waals surface area contributed by atoms with E-state index in [0.717, 1.165) is 22.3 Å². The van der Waals surface area contributed by atoms with Gasteiger partial charge in [0.1, 0.15) is 23.0 Å². The number of aliphatic hydroxyl groups is 1. The Hall–Kier alpha value is -3.54. The zero-order valence-corrected chi connectivity index (χ0v) is 15.5. The van der Waals surface area contributed by atoms with Gasteiger partial charge in [-0.25, -0.2) is 0 Å². The van der Waals surface area contributed by atoms with E-state index in [2.05, 4.69) is 13.2 Å². The van der Waals surface area contributed by atoms with Gasteiger partial charge in [0, 0.05) is 34.4 Å². The normalized spacial score (nSPS) is 17.5. The predicted molar refractivity (Wildman–Crippen MR) is 107 cm³/mol. The Morgan fingerprint density at radius 1 is 0.828 bits per heavy atom. The Balaban J connectivity index is 1.80. The van der Waals surface area contributed by atoms with E-state index in [1.807, 2.05) is 48.5 Å². The highest BCUT2D eigenvalue weighted by Gasteiger charge is 2.52. The Bertz CT molecular complexity index is 1070. The van der Waals surface area contributed by atoms with E-state index < -0.39 is 11.9 Å². The molecule has 1 N–H and O–H groups in total. The van der Waals surface area contributed by atoms with Gasteiger partial charge < -0.3 is 24.1 Å². The van der Waals surface area contributed by atoms with E-state index in [1.54, 1.807) is 12.1 Å². The largest absolute Gasteiger partial charge is 0.465 e. The molecule has 3 aromatic carbocycles. The number of rotatable bonds is 4. The summed E-state index contributed by atoms with van der Waals surface area (Å²) in [6.45, 7) is 7.20. The molecule has 5 heteroatoms. The van der Waals surface area contributed by atoms with Crippen molar-refractivity contribution in [1.82, 2.24) is 0 Å². The first-order valence-corrected chi connectivity index (χ1v) is 9.14. The summed E-state index contributed by atoms with van der Waals surface area (Å²) < 4.78 is 23.3. The van der Waals surface area contributed by atoms with Crippen LogP contribution in [0.5, 0.6) is 23.0 Å². The molecular formula is C24H18O5. The molecule has 2 aliphatic rings. The molecule has 29 heavy (non-hydrogen) atoms. The lowest BCUT2D eigenvalue weighted by atomic mass is 9.77. The summed E-state index contributed by atoms with van der Waals surface area (Å²) in [5, 5.41) is 10.7. The minimum atomic E-state index is -1.06. The van der Waals surface area contributed by atoms with Crippen LogP contribution in [-0.4, -0.2) is 5.11 Å². The lowest BCUT2D eigenvalue weighted by molar-refractivity contribution is -0.142. The van der Waals surface area contributed by atoms with Crippen LogP contribution in [0, 0.1) is 0 Å². The smallest absolute Gasteiger partial charge is 0.183 e. The molecule has 0 bridgehead atoms. The van der Waals surface area contributed by atoms with Crippen LogP contribution in [0.2, 0.25) is 0 Å². The van der Waals surface area contributed by atoms with Gasteiger partial charge in [0.25, 0.3) is 0 Å². The van der Waals surface area contributed by atoms with Gasteiger partial charge >= 0.3 is 0 Å². The minimum Gasteiger partial charge on any atom is -0.465 e. The molecule has 0 amide bonds. The summed E-state index contributed by atoms with van der Waals surface area (Å²) in [6.07, 6.45) is 1.66. The molecule has 2 aliphatic heterocycles. The second kappa shape index (κ2) is 6.51. The van der Waals surface area contributed by atoms with Gasteiger partial charge in [-0.2, -0.15) is 0 Å². The molecule has 1 unspecified atom stereocenters. The number of benzene rings is 3. The molecule has 1 spiro atoms. The molecule has 3 aromatic rings. The summed E-state index contributed by atoms with van der Waals surface area (Å²) in [7, 11) is 0. The molecule has 0 aliphatic carbocycles. The first-order valence-electron chi connectivity index (χ1n) is 9.14. The summed E-state index contributed by atoms with van der Waals surface area (Å²) in [6, 6.07) is 18.6. The van der Waals surface area contributed by atoms with Crippen LogP contribution in [0.4, 0.5) is 0 Å². The van der Waals surface area contributed by atoms with Crippen LogP contribution >= 0.6 is 0 Å². The Morgan fingerprint density at radius 3 is 2.00 bits per heavy atom. The van der Waals surface area contributed by atoms with Crippen molar-refractivity contribution >= 4 is 0 Å². The van der Waals surface area contributed by atoms with Gasteiger partial charge in [0.2, 0.25) is 0 Å². The van der Waals surface area contributed by atoms with Gasteiger partial charge in [0.15, 0.2) is 11.9 Å². The molecule has 0 saturated heterocycles. The number of ether oxygens (including phenoxy) is 4. The number of fused-ring (bicyclic) bond motifs is 6. The molecule has 0 saturated carbocycles. The zero-order valence-electron chi connectivity index (χ0n) is 15.5. The van der Waals surface area contributed by atoms with E-state index in [4.69, 9.17) is 18.9 Å². The first kappa shape index (κ1) is 17.6. The summed E-state index contributed by atoms with van der Waals surface area (Å²) in [5.41, 5.74) is 2.14. The molecule has 144 valence electrons. The molecule has 0 aromatic heterocycles. The summed E-state index contributed by atoms with van der Waals surface area (Å²) in [4.78, 5) is 0. The lowest BCUT2D eigenvalue weighted by Gasteiger charge is -2.37. The fourth-order valence-electron chi connectivity index (χ4n) is 4.10. The third-order valence-electron chi connectivity index (χ3n) is 5.22. The second-order valence-electron chi connectivity index (χ2n) is 6.73. The predicted octanol–water partition coefficient (Wildman–Crippen LogP) is 5.15. The molecule has 0 radical (unpaired) electrons. The van der Waals surface area contributed by atoms with Crippen LogP contribution in [0.3, 0.4) is 0 Å². The van der Waals surface area contributed by atoms with Crippen LogP contribution in [0.15, 0.2) is 86.3 Å². The van der Waals surface area contributed by atoms with Gasteiger partial charge in [-0.05, 0) is 24.3 Å². The van der Waals surface area contributed by atoms with Crippen LogP contribution in [-0.2, 0) is 10.3 Å². The van der Waals surface area contributed by atoms with Crippen molar-refractivity contribution in [1.29, 1.82) is 0 Å². The monoisotopic (exact) mass is 386 g/mol. The summed E-state index contributed by atoms with van der Waals surface area (Å²) in [5.74, 6) is 2.30. The maximum absolute atomic E-state index is 10.7. The third-order valence-corrected chi connectivity index (χ3v) is 5.22. The maximum Gasteiger partial charge on any atom is 0.183 e. The van der Waals surface area contributed by atoms with E-state index in [9.17, 15) is 5.11 Å². The Kier molecular flexibility index (Phi) is 3.94. The Morgan fingerprint density at radius 2 is 1.41 bits per heavy atom. The fourth-order valence-corrected chi connectivity index (χ4v) is 4.10. The molecular weight excluding hydrogens is 368 g/mol. The molecule has 5 nitrogen and oxygen atoms in total. The van der Waals surface area contributed by atoms with Gasteiger partial charge in [0.05, 0.1) is 12.5 Å². The van der Waals surface area contributed by atoms with E-state index >= 15 is 0 Å². The standard InChI is InChI=1S/C24H18O5/c1-3-26-15-9-11-19-21(13-15)28-22-14-16(27-4-2)10-12-20(22)24(19)18-8-6-5-7-17(18)23(25)29-24/h3-14,23,25H,1-2H2. The van der Waals surface area contributed by atoms with Crippen molar-refractivity contribution in [3.8, 4) is 23.0 Å². The van der Waals surface area contributed by atoms with Crippen LogP contribution in [0.25, 0.3) is 0 Å². The molecule has 0 fully saturated rings. The summed E-state index contributed by atoms with van der Waals surface area (Å²) >= 11 is 0. The van der Waals surface area contributed by atoms with E-state index in [0.29, 0.717) is 23.0 Å². The number of hydrogen-bond acceptors (Lipinski definition) is 5. The van der Waals surface area contributed by atoms with Crippen molar-refractivity contribution in [2.24, 2.45) is 0 Å². The van der Waals surface area contributed by atoms with Crippen molar-refractivity contribution in [3.05, 3.63) is 109 Å². The molecule has 1 atom stereocenters. The first-order chi connectivity index (χ1) is 14.2. The highest BCUT2D eigenvalue weighted by molar-refractivity contribution is 5.66. The molecule has 5 rings (SSSR count). The number of aliphatic hydroxyl groups excluding tert-OH is 1. The van der Waals surface area contributed by atoms with Crippen molar-refractivity contribution in [3.63, 3.8) is 0 Å². The maximum atomic E-state index is 10.7. The third kappa shape index (κ3) is 2.49. The van der Waals surface area contributed by atoms with Gasteiger partial charge in [-0.1, -0.05) is 37.4 Å². The minimum absolute atomic E-state index is 0.566. The quantitative estimate of drug-likeness (QED) is 0.629. The lowest BCUT2D eigenvalue weighted by Crippen LogP contribution is -2.32. The van der Waals surface area contributed by atoms with Gasteiger partial charge in [-0.15, -0.1) is 0 Å². The zero-order chi connectivity index (χ0) is 20.0. The number of hydrogen-bond donors (Lipinski definition) is 1. The highest BCUT2D eigenvalue weighted by atomic mass is 16.6. The molecule has 2 heterocycles.